The molecular weight excluding hydrogens is 362 g/mol. The smallest absolute Gasteiger partial charge is 0.246 e. The number of aryl methyl sites for hydroxylation is 3. The number of carbonyl (C=O) groups is 1. The number of nitrogens with one attached hydrogen (secondary N) is 1. The lowest BCUT2D eigenvalue weighted by Gasteiger charge is -2.13. The van der Waals surface area contributed by atoms with Crippen LogP contribution in [-0.4, -0.2) is 15.5 Å². The molecule has 7 heteroatoms. The van der Waals surface area contributed by atoms with E-state index in [1.165, 1.54) is 17.4 Å². The average molecular weight is 383 g/mol. The van der Waals surface area contributed by atoms with Crippen LogP contribution in [0.3, 0.4) is 0 Å². The summed E-state index contributed by atoms with van der Waals surface area (Å²) in [5, 5.41) is 3.38. The van der Waals surface area contributed by atoms with Crippen LogP contribution in [0.1, 0.15) is 21.8 Å². The molecule has 0 aliphatic heterocycles. The first-order chi connectivity index (χ1) is 12.9. The van der Waals surface area contributed by atoms with Crippen molar-refractivity contribution in [2.75, 3.05) is 5.32 Å². The summed E-state index contributed by atoms with van der Waals surface area (Å²) in [5.41, 5.74) is 2.36. The van der Waals surface area contributed by atoms with Gasteiger partial charge in [-0.15, -0.1) is 11.3 Å². The number of pyridine rings is 1. The quantitative estimate of drug-likeness (QED) is 0.708. The molecule has 3 aromatic rings. The number of nitrogens with zero attached hydrogens (tertiary/aromatic N) is 2. The van der Waals surface area contributed by atoms with E-state index in [0.717, 1.165) is 16.1 Å². The standard InChI is InChI=1S/C20H21N3O3S/c1-13-9-17(24)18(26-12-16-7-5-4-6-8-16)10-23(13)11-19(25)22-20-21-14(2)15(3)27-20/h4-10H,11-12H2,1-3H3,(H,21,22,25). The van der Waals surface area contributed by atoms with Crippen molar-refractivity contribution >= 4 is 22.4 Å². The lowest BCUT2D eigenvalue weighted by molar-refractivity contribution is -0.116. The molecule has 0 saturated heterocycles. The Balaban J connectivity index is 1.71. The molecule has 3 rings (SSSR count). The van der Waals surface area contributed by atoms with Gasteiger partial charge in [0.25, 0.3) is 0 Å². The predicted molar refractivity (Wildman–Crippen MR) is 106 cm³/mol. The Labute approximate surface area is 161 Å². The van der Waals surface area contributed by atoms with Gasteiger partial charge in [-0.1, -0.05) is 30.3 Å². The third kappa shape index (κ3) is 4.83. The number of amides is 1. The molecule has 0 unspecified atom stereocenters. The van der Waals surface area contributed by atoms with Crippen molar-refractivity contribution < 1.29 is 9.53 Å². The van der Waals surface area contributed by atoms with E-state index >= 15 is 0 Å². The molecule has 0 saturated carbocycles. The van der Waals surface area contributed by atoms with E-state index in [0.29, 0.717) is 17.4 Å². The Morgan fingerprint density at radius 1 is 1.22 bits per heavy atom. The van der Waals surface area contributed by atoms with Crippen LogP contribution < -0.4 is 15.5 Å². The number of aromatic nitrogens is 2. The van der Waals surface area contributed by atoms with Crippen molar-refractivity contribution in [1.29, 1.82) is 0 Å². The van der Waals surface area contributed by atoms with Gasteiger partial charge >= 0.3 is 0 Å². The highest BCUT2D eigenvalue weighted by molar-refractivity contribution is 7.15. The second-order valence-corrected chi connectivity index (χ2v) is 7.46. The van der Waals surface area contributed by atoms with Gasteiger partial charge < -0.3 is 14.6 Å². The molecule has 0 aliphatic rings. The SMILES string of the molecule is Cc1nc(NC(=O)Cn2cc(OCc3ccccc3)c(=O)cc2C)sc1C. The summed E-state index contributed by atoms with van der Waals surface area (Å²) < 4.78 is 7.36. The van der Waals surface area contributed by atoms with Gasteiger partial charge in [0, 0.05) is 16.6 Å². The van der Waals surface area contributed by atoms with E-state index in [4.69, 9.17) is 4.74 Å². The summed E-state index contributed by atoms with van der Waals surface area (Å²) in [6.07, 6.45) is 1.58. The van der Waals surface area contributed by atoms with E-state index in [9.17, 15) is 9.59 Å². The maximum absolute atomic E-state index is 12.3. The van der Waals surface area contributed by atoms with Gasteiger partial charge in [0.2, 0.25) is 11.3 Å². The zero-order valence-electron chi connectivity index (χ0n) is 15.5. The van der Waals surface area contributed by atoms with Crippen molar-refractivity contribution in [3.05, 3.63) is 74.6 Å². The minimum absolute atomic E-state index is 0.0749. The number of anilines is 1. The molecule has 2 heterocycles. The summed E-state index contributed by atoms with van der Waals surface area (Å²) >= 11 is 1.44. The maximum Gasteiger partial charge on any atom is 0.246 e. The van der Waals surface area contributed by atoms with E-state index in [1.54, 1.807) is 17.7 Å². The minimum atomic E-state index is -0.204. The molecule has 0 fully saturated rings. The van der Waals surface area contributed by atoms with Crippen LogP contribution >= 0.6 is 11.3 Å². The lowest BCUT2D eigenvalue weighted by Crippen LogP contribution is -2.22. The summed E-state index contributed by atoms with van der Waals surface area (Å²) in [6.45, 7) is 6.02. The van der Waals surface area contributed by atoms with Gasteiger partial charge in [0.15, 0.2) is 10.9 Å². The van der Waals surface area contributed by atoms with Gasteiger partial charge in [-0.3, -0.25) is 9.59 Å². The van der Waals surface area contributed by atoms with Crippen LogP contribution in [0.15, 0.2) is 47.4 Å². The van der Waals surface area contributed by atoms with Crippen molar-refractivity contribution in [1.82, 2.24) is 9.55 Å². The van der Waals surface area contributed by atoms with E-state index in [2.05, 4.69) is 10.3 Å². The van der Waals surface area contributed by atoms with E-state index in [-0.39, 0.29) is 23.6 Å². The summed E-state index contributed by atoms with van der Waals surface area (Å²) in [7, 11) is 0. The second-order valence-electron chi connectivity index (χ2n) is 6.25. The zero-order chi connectivity index (χ0) is 19.4. The molecule has 0 aliphatic carbocycles. The maximum atomic E-state index is 12.3. The molecule has 140 valence electrons. The van der Waals surface area contributed by atoms with Gasteiger partial charge in [-0.25, -0.2) is 4.98 Å². The topological polar surface area (TPSA) is 73.2 Å². The largest absolute Gasteiger partial charge is 0.483 e. The van der Waals surface area contributed by atoms with Crippen LogP contribution in [0.2, 0.25) is 0 Å². The molecule has 1 aromatic carbocycles. The number of hydrogen-bond donors (Lipinski definition) is 1. The molecule has 0 atom stereocenters. The molecule has 0 spiro atoms. The van der Waals surface area contributed by atoms with E-state index < -0.39 is 0 Å². The minimum Gasteiger partial charge on any atom is -0.483 e. The highest BCUT2D eigenvalue weighted by Gasteiger charge is 2.11. The monoisotopic (exact) mass is 383 g/mol. The third-order valence-corrected chi connectivity index (χ3v) is 5.12. The molecule has 0 radical (unpaired) electrons. The first-order valence-corrected chi connectivity index (χ1v) is 9.35. The Hall–Kier alpha value is -2.93. The van der Waals surface area contributed by atoms with Crippen LogP contribution in [0.4, 0.5) is 5.13 Å². The molecular formula is C20H21N3O3S. The Kier molecular flexibility index (Phi) is 5.71. The Morgan fingerprint density at radius 2 is 1.96 bits per heavy atom. The molecule has 6 nitrogen and oxygen atoms in total. The first-order valence-electron chi connectivity index (χ1n) is 8.54. The predicted octanol–water partition coefficient (Wildman–Crippen LogP) is 3.45. The van der Waals surface area contributed by atoms with Crippen molar-refractivity contribution in [3.63, 3.8) is 0 Å². The second kappa shape index (κ2) is 8.18. The van der Waals surface area contributed by atoms with Crippen LogP contribution in [0.5, 0.6) is 5.75 Å². The number of thiazole rings is 1. The molecule has 27 heavy (non-hydrogen) atoms. The van der Waals surface area contributed by atoms with Gasteiger partial charge in [-0.2, -0.15) is 0 Å². The number of ether oxygens (including phenoxy) is 1. The Bertz CT molecular complexity index is 990. The third-order valence-electron chi connectivity index (χ3n) is 4.13. The highest BCUT2D eigenvalue weighted by Crippen LogP contribution is 2.21. The number of hydrogen-bond acceptors (Lipinski definition) is 5. The van der Waals surface area contributed by atoms with E-state index in [1.807, 2.05) is 44.2 Å². The summed E-state index contributed by atoms with van der Waals surface area (Å²) in [6, 6.07) is 11.1. The zero-order valence-corrected chi connectivity index (χ0v) is 16.3. The fourth-order valence-corrected chi connectivity index (χ4v) is 3.34. The number of benzene rings is 1. The normalized spacial score (nSPS) is 10.6. The van der Waals surface area contributed by atoms with Crippen LogP contribution in [-0.2, 0) is 17.9 Å². The van der Waals surface area contributed by atoms with Crippen molar-refractivity contribution in [2.45, 2.75) is 33.9 Å². The highest BCUT2D eigenvalue weighted by atomic mass is 32.1. The first kappa shape index (κ1) is 18.8. The number of rotatable bonds is 6. The molecule has 0 bridgehead atoms. The fourth-order valence-electron chi connectivity index (χ4n) is 2.50. The average Bonchev–Trinajstić information content (AvgIpc) is 2.94. The Morgan fingerprint density at radius 3 is 2.63 bits per heavy atom. The molecule has 1 N–H and O–H groups in total. The van der Waals surface area contributed by atoms with Crippen molar-refractivity contribution in [2.24, 2.45) is 0 Å². The van der Waals surface area contributed by atoms with Crippen LogP contribution in [0.25, 0.3) is 0 Å². The van der Waals surface area contributed by atoms with Gasteiger partial charge in [-0.05, 0) is 26.3 Å². The summed E-state index contributed by atoms with van der Waals surface area (Å²) in [5.74, 6) is 0.0164. The van der Waals surface area contributed by atoms with Crippen molar-refractivity contribution in [3.8, 4) is 5.75 Å². The van der Waals surface area contributed by atoms with Crippen LogP contribution in [0, 0.1) is 20.8 Å². The molecule has 1 amide bonds. The number of carbonyl (C=O) groups excluding carboxylic acids is 1. The summed E-state index contributed by atoms with van der Waals surface area (Å²) in [4.78, 5) is 29.9. The fraction of sp³-hybridized carbons (Fsp3) is 0.250. The van der Waals surface area contributed by atoms with Gasteiger partial charge in [0.05, 0.1) is 11.9 Å². The van der Waals surface area contributed by atoms with Gasteiger partial charge in [0.1, 0.15) is 13.2 Å². The molecule has 2 aromatic heterocycles. The lowest BCUT2D eigenvalue weighted by atomic mass is 10.2.